The van der Waals surface area contributed by atoms with Gasteiger partial charge in [0.1, 0.15) is 0 Å². The molecule has 0 amide bonds. The molecule has 0 spiro atoms. The number of piperidine rings is 1. The average molecular weight is 321 g/mol. The van der Waals surface area contributed by atoms with Crippen molar-refractivity contribution in [2.45, 2.75) is 50.7 Å². The van der Waals surface area contributed by atoms with Crippen LogP contribution >= 0.6 is 15.9 Å². The van der Waals surface area contributed by atoms with Crippen LogP contribution < -0.4 is 10.2 Å². The number of fused-ring (bicyclic) bond motifs is 2. The molecule has 102 valence electrons. The molecular formula is C16H21BrN2. The van der Waals surface area contributed by atoms with Gasteiger partial charge in [0.2, 0.25) is 0 Å². The molecule has 1 aromatic rings. The average Bonchev–Trinajstić information content (AvgIpc) is 3.00. The minimum atomic E-state index is 0.779. The summed E-state index contributed by atoms with van der Waals surface area (Å²) in [5, 5.41) is 3.59. The van der Waals surface area contributed by atoms with Gasteiger partial charge in [-0.1, -0.05) is 22.0 Å². The monoisotopic (exact) mass is 320 g/mol. The summed E-state index contributed by atoms with van der Waals surface area (Å²) in [7, 11) is 0. The quantitative estimate of drug-likeness (QED) is 0.910. The van der Waals surface area contributed by atoms with E-state index in [9.17, 15) is 0 Å². The molecule has 2 saturated carbocycles. The van der Waals surface area contributed by atoms with Gasteiger partial charge in [-0.15, -0.1) is 0 Å². The van der Waals surface area contributed by atoms with Crippen LogP contribution in [0.4, 0.5) is 5.69 Å². The summed E-state index contributed by atoms with van der Waals surface area (Å²) >= 11 is 3.75. The van der Waals surface area contributed by atoms with Gasteiger partial charge in [0.15, 0.2) is 0 Å². The smallest absolute Gasteiger partial charge is 0.0380 e. The van der Waals surface area contributed by atoms with E-state index in [0.29, 0.717) is 0 Å². The van der Waals surface area contributed by atoms with Crippen molar-refractivity contribution in [3.8, 4) is 0 Å². The molecule has 2 aliphatic carbocycles. The molecule has 1 N–H and O–H groups in total. The Balaban J connectivity index is 1.49. The molecule has 3 aliphatic rings. The topological polar surface area (TPSA) is 15.3 Å². The lowest BCUT2D eigenvalue weighted by Crippen LogP contribution is -2.31. The van der Waals surface area contributed by atoms with Gasteiger partial charge in [-0.3, -0.25) is 0 Å². The number of benzene rings is 1. The summed E-state index contributed by atoms with van der Waals surface area (Å²) in [5.41, 5.74) is 2.80. The standard InChI is InChI=1S/C16H21BrN2/c17-16-8-15(19-10-11-1-5-14(19)7-11)6-2-12(16)9-18-13-3-4-13/h2,6,8,11,13-14,18H,1,3-5,7,9-10H2. The number of hydrogen-bond acceptors (Lipinski definition) is 2. The second-order valence-corrected chi connectivity index (χ2v) is 7.27. The fourth-order valence-electron chi connectivity index (χ4n) is 3.64. The number of hydrogen-bond donors (Lipinski definition) is 1. The molecule has 1 aromatic carbocycles. The number of nitrogens with one attached hydrogen (secondary N) is 1. The maximum absolute atomic E-state index is 3.75. The Morgan fingerprint density at radius 3 is 2.74 bits per heavy atom. The molecule has 2 bridgehead atoms. The molecule has 3 heteroatoms. The number of halogens is 1. The molecule has 1 heterocycles. The summed E-state index contributed by atoms with van der Waals surface area (Å²) < 4.78 is 1.26. The van der Waals surface area contributed by atoms with E-state index < -0.39 is 0 Å². The minimum Gasteiger partial charge on any atom is -0.368 e. The molecule has 0 radical (unpaired) electrons. The molecule has 0 aromatic heterocycles. The first-order chi connectivity index (χ1) is 9.29. The highest BCUT2D eigenvalue weighted by molar-refractivity contribution is 9.10. The third-order valence-electron chi connectivity index (χ3n) is 4.94. The van der Waals surface area contributed by atoms with Crippen molar-refractivity contribution in [1.29, 1.82) is 0 Å². The lowest BCUT2D eigenvalue weighted by molar-refractivity contribution is 0.553. The van der Waals surface area contributed by atoms with E-state index in [1.807, 2.05) is 0 Å². The normalized spacial score (nSPS) is 29.2. The van der Waals surface area contributed by atoms with Crippen molar-refractivity contribution < 1.29 is 0 Å². The second-order valence-electron chi connectivity index (χ2n) is 6.42. The van der Waals surface area contributed by atoms with Crippen molar-refractivity contribution in [3.05, 3.63) is 28.2 Å². The maximum atomic E-state index is 3.75. The molecule has 19 heavy (non-hydrogen) atoms. The van der Waals surface area contributed by atoms with Crippen molar-refractivity contribution in [1.82, 2.24) is 5.32 Å². The van der Waals surface area contributed by atoms with E-state index in [1.54, 1.807) is 0 Å². The Morgan fingerprint density at radius 1 is 1.21 bits per heavy atom. The summed E-state index contributed by atoms with van der Waals surface area (Å²) in [6, 6.07) is 8.52. The molecule has 2 unspecified atom stereocenters. The highest BCUT2D eigenvalue weighted by atomic mass is 79.9. The Labute approximate surface area is 123 Å². The van der Waals surface area contributed by atoms with E-state index in [-0.39, 0.29) is 0 Å². The fourth-order valence-corrected chi connectivity index (χ4v) is 4.15. The predicted octanol–water partition coefficient (Wildman–Crippen LogP) is 3.69. The number of anilines is 1. The predicted molar refractivity (Wildman–Crippen MR) is 82.5 cm³/mol. The highest BCUT2D eigenvalue weighted by Crippen LogP contribution is 2.41. The Kier molecular flexibility index (Phi) is 3.07. The van der Waals surface area contributed by atoms with Crippen LogP contribution in [-0.4, -0.2) is 18.6 Å². The van der Waals surface area contributed by atoms with Gasteiger partial charge < -0.3 is 10.2 Å². The van der Waals surface area contributed by atoms with E-state index in [0.717, 1.165) is 24.5 Å². The molecule has 4 rings (SSSR count). The Hall–Kier alpha value is -0.540. The number of nitrogens with zero attached hydrogens (tertiary/aromatic N) is 1. The summed E-state index contributed by atoms with van der Waals surface area (Å²) in [5.74, 6) is 0.958. The molecule has 1 saturated heterocycles. The molecule has 2 atom stereocenters. The van der Waals surface area contributed by atoms with Crippen molar-refractivity contribution in [2.75, 3.05) is 11.4 Å². The van der Waals surface area contributed by atoms with Crippen molar-refractivity contribution >= 4 is 21.6 Å². The third-order valence-corrected chi connectivity index (χ3v) is 5.67. The van der Waals surface area contributed by atoms with Gasteiger partial charge in [0.25, 0.3) is 0 Å². The zero-order valence-electron chi connectivity index (χ0n) is 11.2. The minimum absolute atomic E-state index is 0.779. The molecular weight excluding hydrogens is 300 g/mol. The maximum Gasteiger partial charge on any atom is 0.0380 e. The molecule has 1 aliphatic heterocycles. The second kappa shape index (κ2) is 4.78. The Bertz CT molecular complexity index is 484. The summed E-state index contributed by atoms with van der Waals surface area (Å²) in [6.07, 6.45) is 6.97. The third kappa shape index (κ3) is 2.43. The van der Waals surface area contributed by atoms with Crippen LogP contribution in [0, 0.1) is 5.92 Å². The van der Waals surface area contributed by atoms with Crippen LogP contribution in [-0.2, 0) is 6.54 Å². The zero-order chi connectivity index (χ0) is 12.8. The van der Waals surface area contributed by atoms with Crippen LogP contribution in [0.2, 0.25) is 0 Å². The Morgan fingerprint density at radius 2 is 2.11 bits per heavy atom. The van der Waals surface area contributed by atoms with Gasteiger partial charge in [-0.05, 0) is 55.7 Å². The lowest BCUT2D eigenvalue weighted by atomic mass is 10.1. The summed E-state index contributed by atoms with van der Waals surface area (Å²) in [4.78, 5) is 2.62. The van der Waals surface area contributed by atoms with Crippen LogP contribution in [0.15, 0.2) is 22.7 Å². The number of rotatable bonds is 4. The van der Waals surface area contributed by atoms with Crippen LogP contribution in [0.1, 0.15) is 37.7 Å². The first-order valence-corrected chi connectivity index (χ1v) is 8.37. The highest BCUT2D eigenvalue weighted by Gasteiger charge is 2.37. The van der Waals surface area contributed by atoms with Gasteiger partial charge in [0, 0.05) is 35.3 Å². The van der Waals surface area contributed by atoms with Crippen molar-refractivity contribution in [3.63, 3.8) is 0 Å². The summed E-state index contributed by atoms with van der Waals surface area (Å²) in [6.45, 7) is 2.27. The van der Waals surface area contributed by atoms with E-state index in [4.69, 9.17) is 0 Å². The zero-order valence-corrected chi connectivity index (χ0v) is 12.8. The first-order valence-electron chi connectivity index (χ1n) is 7.58. The molecule has 3 fully saturated rings. The van der Waals surface area contributed by atoms with Crippen molar-refractivity contribution in [2.24, 2.45) is 5.92 Å². The van der Waals surface area contributed by atoms with Gasteiger partial charge in [0.05, 0.1) is 0 Å². The van der Waals surface area contributed by atoms with E-state index >= 15 is 0 Å². The SMILES string of the molecule is Brc1cc(N2CC3CCC2C3)ccc1CNC1CC1. The fraction of sp³-hybridized carbons (Fsp3) is 0.625. The molecule has 2 nitrogen and oxygen atoms in total. The van der Waals surface area contributed by atoms with Gasteiger partial charge >= 0.3 is 0 Å². The first kappa shape index (κ1) is 12.2. The van der Waals surface area contributed by atoms with Crippen LogP contribution in [0.25, 0.3) is 0 Å². The van der Waals surface area contributed by atoms with Crippen LogP contribution in [0.5, 0.6) is 0 Å². The van der Waals surface area contributed by atoms with Gasteiger partial charge in [-0.2, -0.15) is 0 Å². The van der Waals surface area contributed by atoms with E-state index in [1.165, 1.54) is 54.4 Å². The largest absolute Gasteiger partial charge is 0.368 e. The van der Waals surface area contributed by atoms with E-state index in [2.05, 4.69) is 44.3 Å². The van der Waals surface area contributed by atoms with Gasteiger partial charge in [-0.25, -0.2) is 0 Å². The lowest BCUT2D eigenvalue weighted by Gasteiger charge is -2.29. The van der Waals surface area contributed by atoms with Crippen LogP contribution in [0.3, 0.4) is 0 Å².